The smallest absolute Gasteiger partial charge is 0.363 e. The van der Waals surface area contributed by atoms with Gasteiger partial charge in [0.2, 0.25) is 5.90 Å². The molecule has 1 heterocycles. The molecule has 0 bridgehead atoms. The Hall–Kier alpha value is -1.97. The van der Waals surface area contributed by atoms with E-state index < -0.39 is 5.97 Å². The molecule has 0 saturated heterocycles. The Morgan fingerprint density at radius 2 is 1.74 bits per heavy atom. The molecule has 0 N–H and O–H groups in total. The van der Waals surface area contributed by atoms with E-state index in [1.807, 2.05) is 67.6 Å². The minimum Gasteiger partial charge on any atom is -0.487 e. The first-order valence-corrected chi connectivity index (χ1v) is 12.0. The minimum absolute atomic E-state index is 0.254. The second-order valence-corrected chi connectivity index (χ2v) is 9.83. The Morgan fingerprint density at radius 1 is 1.06 bits per heavy atom. The van der Waals surface area contributed by atoms with Crippen molar-refractivity contribution in [2.45, 2.75) is 13.5 Å². The summed E-state index contributed by atoms with van der Waals surface area (Å²) in [5.74, 6) is 0.549. The lowest BCUT2D eigenvalue weighted by molar-refractivity contribution is -0.129. The van der Waals surface area contributed by atoms with E-state index in [4.69, 9.17) is 9.47 Å². The van der Waals surface area contributed by atoms with Crippen molar-refractivity contribution < 1.29 is 14.3 Å². The van der Waals surface area contributed by atoms with Gasteiger partial charge in [0.25, 0.3) is 0 Å². The zero-order valence-corrected chi connectivity index (χ0v) is 21.7. The summed E-state index contributed by atoms with van der Waals surface area (Å²) in [4.78, 5) is 16.7. The number of hydrogen-bond acceptors (Lipinski definition) is 4. The minimum atomic E-state index is -0.468. The molecule has 3 aromatic carbocycles. The van der Waals surface area contributed by atoms with Gasteiger partial charge >= 0.3 is 5.97 Å². The molecule has 0 unspecified atom stereocenters. The van der Waals surface area contributed by atoms with E-state index in [0.29, 0.717) is 18.3 Å². The Kier molecular flexibility index (Phi) is 6.93. The fourth-order valence-electron chi connectivity index (χ4n) is 3.03. The van der Waals surface area contributed by atoms with Gasteiger partial charge in [0.15, 0.2) is 5.70 Å². The molecule has 0 aromatic heterocycles. The van der Waals surface area contributed by atoms with E-state index in [2.05, 4.69) is 59.4 Å². The number of halogens is 3. The van der Waals surface area contributed by atoms with Crippen LogP contribution < -0.4 is 4.74 Å². The first kappa shape index (κ1) is 22.2. The third-order valence-corrected chi connectivity index (χ3v) is 6.51. The van der Waals surface area contributed by atoms with E-state index in [-0.39, 0.29) is 5.70 Å². The van der Waals surface area contributed by atoms with E-state index in [1.54, 1.807) is 6.08 Å². The summed E-state index contributed by atoms with van der Waals surface area (Å²) < 4.78 is 14.1. The molecule has 4 rings (SSSR count). The Bertz CT molecular complexity index is 1200. The van der Waals surface area contributed by atoms with Gasteiger partial charge in [0.05, 0.1) is 8.95 Å². The van der Waals surface area contributed by atoms with Crippen LogP contribution in [0.2, 0.25) is 0 Å². The SMILES string of the molecule is Cc1ccccc1C1=N/C(=C\c2cc(Br)c(OCc3ccc(I)cc3)c(Br)c2)C(=O)O1. The molecule has 0 spiro atoms. The summed E-state index contributed by atoms with van der Waals surface area (Å²) in [7, 11) is 0. The molecule has 4 nitrogen and oxygen atoms in total. The highest BCUT2D eigenvalue weighted by Gasteiger charge is 2.25. The predicted molar refractivity (Wildman–Crippen MR) is 137 cm³/mol. The van der Waals surface area contributed by atoms with Crippen LogP contribution >= 0.6 is 54.5 Å². The van der Waals surface area contributed by atoms with Crippen molar-refractivity contribution in [3.8, 4) is 5.75 Å². The second kappa shape index (κ2) is 9.67. The van der Waals surface area contributed by atoms with E-state index in [1.165, 1.54) is 3.57 Å². The summed E-state index contributed by atoms with van der Waals surface area (Å²) in [5, 5.41) is 0. The summed E-state index contributed by atoms with van der Waals surface area (Å²) in [6.07, 6.45) is 1.70. The number of hydrogen-bond donors (Lipinski definition) is 0. The maximum absolute atomic E-state index is 12.3. The summed E-state index contributed by atoms with van der Waals surface area (Å²) >= 11 is 9.41. The van der Waals surface area contributed by atoms with Gasteiger partial charge in [-0.3, -0.25) is 0 Å². The first-order valence-electron chi connectivity index (χ1n) is 9.35. The number of aliphatic imine (C=N–C) groups is 1. The quantitative estimate of drug-likeness (QED) is 0.169. The van der Waals surface area contributed by atoms with Gasteiger partial charge in [-0.2, -0.15) is 0 Å². The lowest BCUT2D eigenvalue weighted by Crippen LogP contribution is -2.06. The van der Waals surface area contributed by atoms with Crippen LogP contribution in [0.15, 0.2) is 80.3 Å². The van der Waals surface area contributed by atoms with E-state index >= 15 is 0 Å². The molecule has 31 heavy (non-hydrogen) atoms. The van der Waals surface area contributed by atoms with Gasteiger partial charge < -0.3 is 9.47 Å². The Labute approximate surface area is 210 Å². The van der Waals surface area contributed by atoms with Crippen molar-refractivity contribution in [2.75, 3.05) is 0 Å². The number of esters is 1. The Morgan fingerprint density at radius 3 is 2.42 bits per heavy atom. The van der Waals surface area contributed by atoms with Crippen LogP contribution in [0.3, 0.4) is 0 Å². The van der Waals surface area contributed by atoms with Crippen molar-refractivity contribution in [3.05, 3.63) is 101 Å². The molecule has 0 radical (unpaired) electrons. The largest absolute Gasteiger partial charge is 0.487 e. The zero-order chi connectivity index (χ0) is 22.0. The van der Waals surface area contributed by atoms with E-state index in [0.717, 1.165) is 31.2 Å². The number of cyclic esters (lactones) is 1. The molecule has 156 valence electrons. The number of rotatable bonds is 5. The van der Waals surface area contributed by atoms with E-state index in [9.17, 15) is 4.79 Å². The first-order chi connectivity index (χ1) is 14.9. The lowest BCUT2D eigenvalue weighted by atomic mass is 10.1. The summed E-state index contributed by atoms with van der Waals surface area (Å²) in [6.45, 7) is 2.40. The summed E-state index contributed by atoms with van der Waals surface area (Å²) in [6, 6.07) is 19.6. The predicted octanol–water partition coefficient (Wildman–Crippen LogP) is 7.05. The molecule has 0 fully saturated rings. The Balaban J connectivity index is 1.56. The maximum Gasteiger partial charge on any atom is 0.363 e. The van der Waals surface area contributed by atoms with Crippen molar-refractivity contribution >= 4 is 72.4 Å². The van der Waals surface area contributed by atoms with Crippen LogP contribution in [-0.4, -0.2) is 11.9 Å². The number of ether oxygens (including phenoxy) is 2. The van der Waals surface area contributed by atoms with Gasteiger partial charge in [0, 0.05) is 9.13 Å². The van der Waals surface area contributed by atoms with Crippen LogP contribution in [0.4, 0.5) is 0 Å². The molecule has 0 saturated carbocycles. The number of benzene rings is 3. The molecule has 1 aliphatic heterocycles. The van der Waals surface area contributed by atoms with Gasteiger partial charge in [0.1, 0.15) is 12.4 Å². The van der Waals surface area contributed by atoms with Crippen LogP contribution in [0.1, 0.15) is 22.3 Å². The molecular formula is C24H16Br2INO3. The van der Waals surface area contributed by atoms with Crippen LogP contribution in [0.25, 0.3) is 6.08 Å². The monoisotopic (exact) mass is 651 g/mol. The highest BCUT2D eigenvalue weighted by Crippen LogP contribution is 2.36. The van der Waals surface area contributed by atoms with Crippen molar-refractivity contribution in [1.82, 2.24) is 0 Å². The number of carbonyl (C=O) groups is 1. The topological polar surface area (TPSA) is 47.9 Å². The maximum atomic E-state index is 12.3. The number of nitrogens with zero attached hydrogens (tertiary/aromatic N) is 1. The van der Waals surface area contributed by atoms with Gasteiger partial charge in [-0.25, -0.2) is 9.79 Å². The fraction of sp³-hybridized carbons (Fsp3) is 0.0833. The molecule has 3 aromatic rings. The standard InChI is InChI=1S/C24H16Br2INO3/c1-14-4-2-3-5-18(14)23-28-21(24(29)31-23)12-16-10-19(25)22(20(26)11-16)30-13-15-6-8-17(27)9-7-15/h2-12H,13H2,1H3/b21-12-. The summed E-state index contributed by atoms with van der Waals surface area (Å²) in [5.41, 5.74) is 3.93. The third-order valence-electron chi connectivity index (χ3n) is 4.62. The molecule has 1 aliphatic rings. The van der Waals surface area contributed by atoms with Crippen LogP contribution in [0, 0.1) is 10.5 Å². The normalized spacial score (nSPS) is 14.5. The zero-order valence-electron chi connectivity index (χ0n) is 16.4. The highest BCUT2D eigenvalue weighted by atomic mass is 127. The highest BCUT2D eigenvalue weighted by molar-refractivity contribution is 14.1. The van der Waals surface area contributed by atoms with Gasteiger partial charge in [-0.05, 0) is 114 Å². The molecular weight excluding hydrogens is 637 g/mol. The second-order valence-electron chi connectivity index (χ2n) is 6.88. The van der Waals surface area contributed by atoms with Crippen molar-refractivity contribution in [3.63, 3.8) is 0 Å². The fourth-order valence-corrected chi connectivity index (χ4v) is 4.84. The molecule has 0 atom stereocenters. The van der Waals surface area contributed by atoms with Gasteiger partial charge in [-0.1, -0.05) is 30.3 Å². The molecule has 0 amide bonds. The molecule has 7 heteroatoms. The number of carbonyl (C=O) groups excluding carboxylic acids is 1. The van der Waals surface area contributed by atoms with Crippen molar-refractivity contribution in [1.29, 1.82) is 0 Å². The lowest BCUT2D eigenvalue weighted by Gasteiger charge is -2.11. The third kappa shape index (κ3) is 5.27. The van der Waals surface area contributed by atoms with Crippen LogP contribution in [-0.2, 0) is 16.1 Å². The van der Waals surface area contributed by atoms with Crippen LogP contribution in [0.5, 0.6) is 5.75 Å². The van der Waals surface area contributed by atoms with Gasteiger partial charge in [-0.15, -0.1) is 0 Å². The average molecular weight is 653 g/mol. The molecule has 0 aliphatic carbocycles. The number of aryl methyl sites for hydroxylation is 1. The van der Waals surface area contributed by atoms with Crippen molar-refractivity contribution in [2.24, 2.45) is 4.99 Å². The average Bonchev–Trinajstić information content (AvgIpc) is 3.09.